The third-order valence-corrected chi connectivity index (χ3v) is 3.37. The number of hydrogen-bond acceptors (Lipinski definition) is 3. The molecule has 0 radical (unpaired) electrons. The average Bonchev–Trinajstić information content (AvgIpc) is 2.94. The summed E-state index contributed by atoms with van der Waals surface area (Å²) in [5.41, 5.74) is 1.37. The van der Waals surface area contributed by atoms with Crippen LogP contribution in [0.3, 0.4) is 0 Å². The second-order valence-corrected chi connectivity index (χ2v) is 5.38. The van der Waals surface area contributed by atoms with Crippen molar-refractivity contribution in [2.75, 3.05) is 0 Å². The lowest BCUT2D eigenvalue weighted by molar-refractivity contribution is -0.677. The zero-order valence-corrected chi connectivity index (χ0v) is 15.8. The number of carbonyl (C=O) groups is 1. The Labute approximate surface area is 139 Å². The highest BCUT2D eigenvalue weighted by molar-refractivity contribution is 9.11. The van der Waals surface area contributed by atoms with Gasteiger partial charge in [-0.25, -0.2) is 14.3 Å². The van der Waals surface area contributed by atoms with Gasteiger partial charge in [0, 0.05) is 24.4 Å². The maximum Gasteiger partial charge on any atom is 0.355 e. The molecule has 0 bridgehead atoms. The Bertz CT molecular complexity index is 495. The molecule has 0 amide bonds. The topological polar surface area (TPSA) is 54.1 Å². The van der Waals surface area contributed by atoms with Crippen molar-refractivity contribution in [3.63, 3.8) is 0 Å². The number of carboxylic acids is 1. The first-order chi connectivity index (χ1) is 10.0. The van der Waals surface area contributed by atoms with Crippen molar-refractivity contribution in [3.8, 4) is 0 Å². The van der Waals surface area contributed by atoms with Crippen LogP contribution in [0.1, 0.15) is 43.9 Å². The number of rotatable bonds is 1. The zero-order valence-electron chi connectivity index (χ0n) is 13.4. The molecule has 0 spiro atoms. The number of thiazole rings is 1. The van der Waals surface area contributed by atoms with E-state index in [4.69, 9.17) is 5.11 Å². The lowest BCUT2D eigenvalue weighted by Crippen LogP contribution is -2.30. The molecule has 0 aliphatic rings. The van der Waals surface area contributed by atoms with Crippen LogP contribution in [-0.2, 0) is 7.05 Å². The van der Waals surface area contributed by atoms with Crippen LogP contribution < -0.4 is 4.57 Å². The Morgan fingerprint density at radius 1 is 1.29 bits per heavy atom. The monoisotopic (exact) mass is 375 g/mol. The van der Waals surface area contributed by atoms with Gasteiger partial charge in [-0.3, -0.25) is 0 Å². The van der Waals surface area contributed by atoms with Gasteiger partial charge in [-0.2, -0.15) is 0 Å². The minimum absolute atomic E-state index is 0.0897. The summed E-state index contributed by atoms with van der Waals surface area (Å²) >= 11 is 4.30. The highest BCUT2D eigenvalue weighted by Gasteiger charge is 2.05. The van der Waals surface area contributed by atoms with E-state index in [0.717, 1.165) is 0 Å². The molecule has 4 nitrogen and oxygen atoms in total. The van der Waals surface area contributed by atoms with Crippen molar-refractivity contribution in [3.05, 3.63) is 45.1 Å². The van der Waals surface area contributed by atoms with Crippen molar-refractivity contribution in [2.45, 2.75) is 34.6 Å². The number of pyridine rings is 1. The number of aromatic nitrogens is 2. The Hall–Kier alpha value is -1.27. The van der Waals surface area contributed by atoms with Gasteiger partial charge in [-0.1, -0.05) is 33.8 Å². The second-order valence-electron chi connectivity index (χ2n) is 3.24. The molecule has 6 heteroatoms. The van der Waals surface area contributed by atoms with E-state index < -0.39 is 5.97 Å². The first kappa shape index (κ1) is 22.0. The van der Waals surface area contributed by atoms with Crippen LogP contribution in [0.25, 0.3) is 0 Å². The fraction of sp³-hybridized carbons (Fsp3) is 0.400. The van der Waals surface area contributed by atoms with Crippen LogP contribution in [0, 0.1) is 6.92 Å². The molecular weight excluding hydrogens is 352 g/mol. The maximum atomic E-state index is 10.1. The Morgan fingerprint density at radius 2 is 1.86 bits per heavy atom. The summed E-state index contributed by atoms with van der Waals surface area (Å²) in [7, 11) is 2.04. The van der Waals surface area contributed by atoms with Crippen molar-refractivity contribution in [2.24, 2.45) is 7.05 Å². The number of aromatic carboxylic acids is 1. The summed E-state index contributed by atoms with van der Waals surface area (Å²) < 4.78 is 2.68. The predicted molar refractivity (Wildman–Crippen MR) is 91.8 cm³/mol. The molecule has 0 saturated heterocycles. The SMILES string of the molecule is CC.CC.Cc1cccc[n+]1C.O=C(O)c1csc(Br)n1. The summed E-state index contributed by atoms with van der Waals surface area (Å²) in [5.74, 6) is -0.989. The van der Waals surface area contributed by atoms with Crippen molar-refractivity contribution >= 4 is 33.2 Å². The minimum atomic E-state index is -0.989. The van der Waals surface area contributed by atoms with Gasteiger partial charge in [0.1, 0.15) is 7.05 Å². The van der Waals surface area contributed by atoms with E-state index in [9.17, 15) is 4.79 Å². The number of halogens is 1. The van der Waals surface area contributed by atoms with Crippen LogP contribution in [0.5, 0.6) is 0 Å². The predicted octanol–water partition coefficient (Wildman–Crippen LogP) is 4.48. The van der Waals surface area contributed by atoms with Crippen molar-refractivity contribution in [1.82, 2.24) is 4.98 Å². The fourth-order valence-electron chi connectivity index (χ4n) is 0.959. The lowest BCUT2D eigenvalue weighted by atomic mass is 10.4. The molecule has 118 valence electrons. The van der Waals surface area contributed by atoms with Crippen molar-refractivity contribution in [1.29, 1.82) is 0 Å². The number of aryl methyl sites for hydroxylation is 2. The van der Waals surface area contributed by atoms with E-state index in [0.29, 0.717) is 3.92 Å². The first-order valence-electron chi connectivity index (χ1n) is 6.76. The second kappa shape index (κ2) is 13.7. The summed E-state index contributed by atoms with van der Waals surface area (Å²) in [6.07, 6.45) is 2.04. The molecule has 2 rings (SSSR count). The van der Waals surface area contributed by atoms with E-state index in [1.54, 1.807) is 0 Å². The van der Waals surface area contributed by atoms with Gasteiger partial charge < -0.3 is 5.11 Å². The lowest BCUT2D eigenvalue weighted by Gasteiger charge is -1.87. The Balaban J connectivity index is 0. The number of carboxylic acid groups (broad SMARTS) is 1. The van der Waals surface area contributed by atoms with Crippen LogP contribution in [0.15, 0.2) is 33.7 Å². The van der Waals surface area contributed by atoms with Gasteiger partial charge in [0.05, 0.1) is 0 Å². The molecule has 2 aromatic heterocycles. The summed E-state index contributed by atoms with van der Waals surface area (Å²) in [6.45, 7) is 10.1. The molecule has 0 saturated carbocycles. The van der Waals surface area contributed by atoms with E-state index in [2.05, 4.69) is 38.5 Å². The number of hydrogen-bond donors (Lipinski definition) is 1. The van der Waals surface area contributed by atoms with Gasteiger partial charge in [-0.05, 0) is 15.9 Å². The molecule has 0 aliphatic heterocycles. The molecule has 0 aliphatic carbocycles. The first-order valence-corrected chi connectivity index (χ1v) is 8.43. The average molecular weight is 376 g/mol. The normalized spacial score (nSPS) is 8.14. The quantitative estimate of drug-likeness (QED) is 0.747. The molecule has 0 unspecified atom stereocenters. The standard InChI is InChI=1S/C7H10N.C4H2BrNO2S.2C2H6/c1-7-5-3-4-6-8(7)2;5-4-6-2(1-9-4)3(7)8;2*1-2/h3-6H,1-2H3;1H,(H,7,8);2*1-2H3/q+1;;;. The molecule has 0 aromatic carbocycles. The molecule has 1 N–H and O–H groups in total. The van der Waals surface area contributed by atoms with E-state index in [1.807, 2.05) is 53.1 Å². The summed E-state index contributed by atoms with van der Waals surface area (Å²) in [6, 6.07) is 6.14. The molecule has 2 heterocycles. The third kappa shape index (κ3) is 10.1. The van der Waals surface area contributed by atoms with Crippen LogP contribution in [0.4, 0.5) is 0 Å². The summed E-state index contributed by atoms with van der Waals surface area (Å²) in [4.78, 5) is 13.8. The van der Waals surface area contributed by atoms with Crippen LogP contribution in [-0.4, -0.2) is 16.1 Å². The largest absolute Gasteiger partial charge is 0.476 e. The minimum Gasteiger partial charge on any atom is -0.476 e. The molecule has 0 fully saturated rings. The molecule has 2 aromatic rings. The smallest absolute Gasteiger partial charge is 0.355 e. The van der Waals surface area contributed by atoms with Gasteiger partial charge in [0.25, 0.3) is 0 Å². The summed E-state index contributed by atoms with van der Waals surface area (Å²) in [5, 5.41) is 9.80. The van der Waals surface area contributed by atoms with Crippen LogP contribution in [0.2, 0.25) is 0 Å². The van der Waals surface area contributed by atoms with E-state index in [-0.39, 0.29) is 5.69 Å². The van der Waals surface area contributed by atoms with Crippen LogP contribution >= 0.6 is 27.3 Å². The van der Waals surface area contributed by atoms with E-state index >= 15 is 0 Å². The van der Waals surface area contributed by atoms with E-state index in [1.165, 1.54) is 22.4 Å². The highest BCUT2D eigenvalue weighted by Crippen LogP contribution is 2.15. The van der Waals surface area contributed by atoms with Gasteiger partial charge >= 0.3 is 5.97 Å². The Kier molecular flexibility index (Phi) is 14.4. The van der Waals surface area contributed by atoms with Gasteiger partial charge in [-0.15, -0.1) is 11.3 Å². The fourth-order valence-corrected chi connectivity index (χ4v) is 1.94. The zero-order chi connectivity index (χ0) is 16.8. The molecule has 0 atom stereocenters. The third-order valence-electron chi connectivity index (χ3n) is 2.01. The number of nitrogens with zero attached hydrogens (tertiary/aromatic N) is 2. The van der Waals surface area contributed by atoms with Gasteiger partial charge in [0.15, 0.2) is 21.5 Å². The van der Waals surface area contributed by atoms with Gasteiger partial charge in [0.2, 0.25) is 0 Å². The Morgan fingerprint density at radius 3 is 2.10 bits per heavy atom. The van der Waals surface area contributed by atoms with Crippen molar-refractivity contribution < 1.29 is 14.5 Å². The molecule has 21 heavy (non-hydrogen) atoms. The maximum absolute atomic E-state index is 10.1. The molecular formula is C15H24BrN2O2S+. The highest BCUT2D eigenvalue weighted by atomic mass is 79.9.